The van der Waals surface area contributed by atoms with Crippen LogP contribution in [0.15, 0.2) is 0 Å². The monoisotopic (exact) mass is 1040 g/mol. The summed E-state index contributed by atoms with van der Waals surface area (Å²) in [5.74, 6) is -4.15. The zero-order valence-corrected chi connectivity index (χ0v) is 40.2. The Balaban J connectivity index is -0.000000951. The normalized spacial score (nSPS) is 19.2. The van der Waals surface area contributed by atoms with Crippen molar-refractivity contribution in [2.75, 3.05) is 40.5 Å². The summed E-state index contributed by atoms with van der Waals surface area (Å²) in [4.78, 5) is 82.7. The fraction of sp³-hybridized carbons (Fsp3) is 0.811. The number of hydrogen-bond acceptors (Lipinski definition) is 16. The highest BCUT2D eigenvalue weighted by Crippen LogP contribution is 2.27. The van der Waals surface area contributed by atoms with Gasteiger partial charge < -0.3 is 49.6 Å². The van der Waals surface area contributed by atoms with Crippen molar-refractivity contribution in [1.82, 2.24) is 31.5 Å². The topological polar surface area (TPSA) is 281 Å². The van der Waals surface area contributed by atoms with Crippen LogP contribution in [-0.4, -0.2) is 169 Å². The summed E-state index contributed by atoms with van der Waals surface area (Å²) >= 11 is 33.3. The van der Waals surface area contributed by atoms with Crippen LogP contribution in [0.25, 0.3) is 0 Å². The Morgan fingerprint density at radius 3 is 1.34 bits per heavy atom. The number of carboxylic acid groups (broad SMARTS) is 1. The van der Waals surface area contributed by atoms with Gasteiger partial charge in [0.15, 0.2) is 12.2 Å². The highest BCUT2D eigenvalue weighted by molar-refractivity contribution is 6.68. The molecule has 2 saturated heterocycles. The number of alkyl halides is 6. The molecule has 0 saturated carbocycles. The summed E-state index contributed by atoms with van der Waals surface area (Å²) in [6.45, 7) is 11.1. The molecule has 0 radical (unpaired) electrons. The van der Waals surface area contributed by atoms with Gasteiger partial charge >= 0.3 is 24.0 Å². The number of aliphatic carboxylic acids is 1. The molecule has 7 N–H and O–H groups in total. The van der Waals surface area contributed by atoms with E-state index in [0.717, 1.165) is 0 Å². The minimum atomic E-state index is -1.72. The first-order valence-electron chi connectivity index (χ1n) is 18.9. The van der Waals surface area contributed by atoms with Gasteiger partial charge in [-0.15, -0.1) is 0 Å². The lowest BCUT2D eigenvalue weighted by Crippen LogP contribution is -2.60. The summed E-state index contributed by atoms with van der Waals surface area (Å²) in [6, 6.07) is -3.29. The van der Waals surface area contributed by atoms with Crippen LogP contribution in [0.4, 0.5) is 4.79 Å². The van der Waals surface area contributed by atoms with Crippen molar-refractivity contribution in [3.63, 3.8) is 0 Å². The molecule has 21 nitrogen and oxygen atoms in total. The minimum Gasteiger partial charge on any atom is -0.479 e. The molecule has 0 aliphatic carbocycles. The third kappa shape index (κ3) is 27.3. The third-order valence-electron chi connectivity index (χ3n) is 8.22. The molecule has 0 aromatic heterocycles. The van der Waals surface area contributed by atoms with Crippen molar-refractivity contribution in [1.29, 1.82) is 0 Å². The average Bonchev–Trinajstić information content (AvgIpc) is 3.19. The largest absolute Gasteiger partial charge is 0.479 e. The Hall–Kier alpha value is -2.41. The minimum absolute atomic E-state index is 0. The number of nitrogens with zero attached hydrogens (tertiary/aromatic N) is 2. The Bertz CT molecular complexity index is 1490. The van der Waals surface area contributed by atoms with Crippen molar-refractivity contribution in [3.8, 4) is 0 Å². The van der Waals surface area contributed by atoms with Gasteiger partial charge in [0.2, 0.25) is 7.59 Å². The van der Waals surface area contributed by atoms with Crippen molar-refractivity contribution >= 4 is 111 Å². The first-order valence-corrected chi connectivity index (χ1v) is 21.2. The molecule has 0 spiro atoms. The SMILES string of the molecule is C.C.CO[C@H](C)[C@H](O)C(=O)N[C@@H](C)C(=O)N1CCC[C@@H](C(=O)OCC(Cl)(Cl)Cl)N1.CO[C@H](C)[C@H](O)C(=O)O.C[C@H](NC(=O)OC(C)(C)C)C(=O)N1CCC[C@@H](C(=O)OCC(Cl)(Cl)Cl)N1. The first kappa shape index (κ1) is 65.9. The van der Waals surface area contributed by atoms with Crippen LogP contribution >= 0.6 is 69.6 Å². The number of alkyl carbamates (subject to hydrolysis) is 1. The maximum Gasteiger partial charge on any atom is 0.408 e. The molecule has 2 fully saturated rings. The van der Waals surface area contributed by atoms with Gasteiger partial charge in [0.05, 0.1) is 12.2 Å². The number of hydrogen-bond donors (Lipinski definition) is 7. The van der Waals surface area contributed by atoms with Crippen molar-refractivity contribution in [3.05, 3.63) is 0 Å². The van der Waals surface area contributed by atoms with Gasteiger partial charge in [0.25, 0.3) is 17.7 Å². The van der Waals surface area contributed by atoms with Crippen molar-refractivity contribution in [2.45, 2.75) is 151 Å². The number of nitrogens with one attached hydrogen (secondary N) is 4. The number of carboxylic acids is 1. The Morgan fingerprint density at radius 1 is 0.672 bits per heavy atom. The van der Waals surface area contributed by atoms with E-state index in [2.05, 4.69) is 26.2 Å². The van der Waals surface area contributed by atoms with Crippen LogP contribution < -0.4 is 21.5 Å². The molecule has 376 valence electrons. The van der Waals surface area contributed by atoms with Gasteiger partial charge in [-0.1, -0.05) is 84.5 Å². The second kappa shape index (κ2) is 30.8. The van der Waals surface area contributed by atoms with E-state index in [1.807, 2.05) is 0 Å². The maximum absolute atomic E-state index is 12.5. The molecule has 0 unspecified atom stereocenters. The van der Waals surface area contributed by atoms with E-state index in [1.54, 1.807) is 20.8 Å². The lowest BCUT2D eigenvalue weighted by atomic mass is 10.1. The number of ether oxygens (including phenoxy) is 5. The highest BCUT2D eigenvalue weighted by atomic mass is 35.6. The number of aliphatic hydroxyl groups is 2. The molecule has 4 amide bonds. The van der Waals surface area contributed by atoms with Crippen LogP contribution in [0.3, 0.4) is 0 Å². The smallest absolute Gasteiger partial charge is 0.408 e. The molecule has 2 aliphatic heterocycles. The number of halogens is 6. The number of esters is 2. The van der Waals surface area contributed by atoms with Crippen molar-refractivity contribution < 1.29 is 72.6 Å². The number of amides is 4. The number of rotatable bonds is 14. The zero-order chi connectivity index (χ0) is 48.3. The zero-order valence-electron chi connectivity index (χ0n) is 35.7. The number of hydrazine groups is 2. The van der Waals surface area contributed by atoms with Crippen LogP contribution in [-0.2, 0) is 52.5 Å². The van der Waals surface area contributed by atoms with Crippen LogP contribution in [0.5, 0.6) is 0 Å². The molecule has 27 heteroatoms. The van der Waals surface area contributed by atoms with Gasteiger partial charge in [-0.3, -0.25) is 34.0 Å². The molecule has 2 rings (SSSR count). The molecule has 2 heterocycles. The number of aliphatic hydroxyl groups excluding tert-OH is 2. The van der Waals surface area contributed by atoms with Gasteiger partial charge in [-0.25, -0.2) is 20.4 Å². The summed E-state index contributed by atoms with van der Waals surface area (Å²) in [5, 5.41) is 34.0. The van der Waals surface area contributed by atoms with E-state index in [9.17, 15) is 38.7 Å². The summed E-state index contributed by atoms with van der Waals surface area (Å²) < 4.78 is 21.0. The number of carbonyl (C=O) groups excluding carboxylic acids is 6. The maximum atomic E-state index is 12.5. The molecule has 8 atom stereocenters. The Kier molecular flexibility index (Phi) is 31.7. The predicted molar refractivity (Wildman–Crippen MR) is 241 cm³/mol. The molecule has 0 bridgehead atoms. The van der Waals surface area contributed by atoms with Crippen LogP contribution in [0.1, 0.15) is 89.0 Å². The van der Waals surface area contributed by atoms with Crippen LogP contribution in [0, 0.1) is 0 Å². The fourth-order valence-corrected chi connectivity index (χ4v) is 5.11. The summed E-state index contributed by atoms with van der Waals surface area (Å²) in [6.07, 6.45) is -2.89. The molecular weight excluding hydrogens is 981 g/mol. The van der Waals surface area contributed by atoms with E-state index in [1.165, 1.54) is 51.9 Å². The van der Waals surface area contributed by atoms with Gasteiger partial charge in [-0.2, -0.15) is 0 Å². The average molecular weight is 1050 g/mol. The molecule has 64 heavy (non-hydrogen) atoms. The Labute approximate surface area is 404 Å². The van der Waals surface area contributed by atoms with E-state index in [-0.39, 0.29) is 21.5 Å². The molecule has 2 aliphatic rings. The number of methoxy groups -OCH3 is 2. The van der Waals surface area contributed by atoms with Crippen molar-refractivity contribution in [2.24, 2.45) is 0 Å². The molecule has 0 aromatic rings. The van der Waals surface area contributed by atoms with E-state index >= 15 is 0 Å². The van der Waals surface area contributed by atoms with Gasteiger partial charge in [-0.05, 0) is 74.1 Å². The van der Waals surface area contributed by atoms with E-state index in [0.29, 0.717) is 38.8 Å². The third-order valence-corrected chi connectivity index (χ3v) is 8.87. The lowest BCUT2D eigenvalue weighted by molar-refractivity contribution is -0.154. The van der Waals surface area contributed by atoms with Gasteiger partial charge in [0.1, 0.15) is 43.0 Å². The van der Waals surface area contributed by atoms with E-state index < -0.39 is 110 Å². The van der Waals surface area contributed by atoms with Crippen LogP contribution in [0.2, 0.25) is 0 Å². The fourth-order valence-electron chi connectivity index (χ4n) is 4.78. The highest BCUT2D eigenvalue weighted by Gasteiger charge is 2.35. The second-order valence-corrected chi connectivity index (χ2v) is 19.8. The quantitative estimate of drug-likeness (QED) is 0.0746. The number of carbonyl (C=O) groups is 7. The summed E-state index contributed by atoms with van der Waals surface area (Å²) in [7, 11) is 2.70. The second-order valence-electron chi connectivity index (χ2n) is 14.8. The Morgan fingerprint density at radius 2 is 1.03 bits per heavy atom. The summed E-state index contributed by atoms with van der Waals surface area (Å²) in [5.41, 5.74) is 4.85. The first-order chi connectivity index (χ1) is 28.3. The molecule has 0 aromatic carbocycles. The predicted octanol–water partition coefficient (Wildman–Crippen LogP) is 3.34. The lowest BCUT2D eigenvalue weighted by Gasteiger charge is -2.34. The van der Waals surface area contributed by atoms with E-state index in [4.69, 9.17) is 98.8 Å². The molecular formula is C37H66Cl6N6O15. The standard InChI is InChI=1S/C15H24Cl3N3O6.C15H24Cl3N3O5.C5H10O4.2CH4/c1-8(19-12(23)11(22)9(2)26-3)13(24)21-6-4-5-10(20-21)14(25)27-7-15(16,17)18;1-9(19-13(24)26-14(2,3)4)11(22)21-7-5-6-10(20-21)12(23)25-8-15(16,17)18;1-3(9-2)4(6)5(7)8;;/h8-11,20,22H,4-7H2,1-3H3,(H,19,23);9-10,20H,5-8H2,1-4H3,(H,19,24);3-4,6H,1-2H3,(H,7,8);2*1H4/t8-,9+,10-,11-;9-,10-;3-,4+;;/m001../s1. The van der Waals surface area contributed by atoms with Gasteiger partial charge in [0, 0.05) is 27.3 Å².